The van der Waals surface area contributed by atoms with Crippen molar-refractivity contribution >= 4 is 17.7 Å². The molecule has 122 valence electrons. The fourth-order valence-corrected chi connectivity index (χ4v) is 3.04. The largest absolute Gasteiger partial charge is 0.464 e. The van der Waals surface area contributed by atoms with Gasteiger partial charge < -0.3 is 10.1 Å². The zero-order valence-corrected chi connectivity index (χ0v) is 13.3. The summed E-state index contributed by atoms with van der Waals surface area (Å²) >= 11 is 0. The summed E-state index contributed by atoms with van der Waals surface area (Å²) in [6.45, 7) is 4.61. The number of nitrogens with one attached hydrogen (secondary N) is 2. The quantitative estimate of drug-likeness (QED) is 0.833. The first kappa shape index (κ1) is 15.3. The maximum atomic E-state index is 11.9. The minimum Gasteiger partial charge on any atom is -0.464 e. The number of aromatic nitrogens is 4. The van der Waals surface area contributed by atoms with Crippen molar-refractivity contribution in [3.8, 4) is 0 Å². The lowest BCUT2D eigenvalue weighted by atomic mass is 9.89. The maximum Gasteiger partial charge on any atom is 0.356 e. The number of methoxy groups -OCH3 is 1. The van der Waals surface area contributed by atoms with Gasteiger partial charge in [-0.1, -0.05) is 0 Å². The van der Waals surface area contributed by atoms with E-state index in [2.05, 4.69) is 20.6 Å². The molecule has 0 radical (unpaired) electrons. The number of aryl methyl sites for hydroxylation is 3. The van der Waals surface area contributed by atoms with Crippen LogP contribution in [-0.2, 0) is 16.1 Å². The molecule has 2 aromatic rings. The normalized spacial score (nSPS) is 16.8. The molecule has 1 aliphatic rings. The molecule has 1 unspecified atom stereocenters. The molecule has 23 heavy (non-hydrogen) atoms. The lowest BCUT2D eigenvalue weighted by molar-refractivity contribution is -0.116. The van der Waals surface area contributed by atoms with E-state index in [0.717, 1.165) is 17.0 Å². The van der Waals surface area contributed by atoms with Gasteiger partial charge in [-0.05, 0) is 26.3 Å². The zero-order chi connectivity index (χ0) is 16.6. The van der Waals surface area contributed by atoms with Gasteiger partial charge >= 0.3 is 5.97 Å². The van der Waals surface area contributed by atoms with Crippen LogP contribution in [0.15, 0.2) is 6.07 Å². The second-order valence-electron chi connectivity index (χ2n) is 5.74. The van der Waals surface area contributed by atoms with E-state index in [-0.39, 0.29) is 11.8 Å². The summed E-state index contributed by atoms with van der Waals surface area (Å²) in [4.78, 5) is 23.7. The molecule has 0 saturated carbocycles. The Labute approximate surface area is 133 Å². The van der Waals surface area contributed by atoms with Crippen molar-refractivity contribution in [3.63, 3.8) is 0 Å². The molecule has 1 aliphatic heterocycles. The van der Waals surface area contributed by atoms with Crippen LogP contribution in [0.25, 0.3) is 0 Å². The fourth-order valence-electron chi connectivity index (χ4n) is 3.04. The van der Waals surface area contributed by atoms with Crippen molar-refractivity contribution in [2.24, 2.45) is 0 Å². The second-order valence-corrected chi connectivity index (χ2v) is 5.74. The van der Waals surface area contributed by atoms with Gasteiger partial charge in [0.2, 0.25) is 5.91 Å². The third-order valence-corrected chi connectivity index (χ3v) is 4.08. The highest BCUT2D eigenvalue weighted by atomic mass is 16.5. The van der Waals surface area contributed by atoms with Gasteiger partial charge in [-0.3, -0.25) is 14.6 Å². The summed E-state index contributed by atoms with van der Waals surface area (Å²) in [6, 6.07) is 2.01. The van der Waals surface area contributed by atoms with E-state index >= 15 is 0 Å². The van der Waals surface area contributed by atoms with Crippen LogP contribution in [0.3, 0.4) is 0 Å². The third kappa shape index (κ3) is 2.84. The third-order valence-electron chi connectivity index (χ3n) is 4.08. The molecule has 0 aliphatic carbocycles. The predicted molar refractivity (Wildman–Crippen MR) is 82.2 cm³/mol. The summed E-state index contributed by atoms with van der Waals surface area (Å²) in [5.41, 5.74) is 3.06. The van der Waals surface area contributed by atoms with Crippen molar-refractivity contribution in [2.45, 2.75) is 39.2 Å². The van der Waals surface area contributed by atoms with Crippen molar-refractivity contribution in [1.29, 1.82) is 0 Å². The molecule has 2 aromatic heterocycles. The van der Waals surface area contributed by atoms with Crippen molar-refractivity contribution < 1.29 is 14.3 Å². The smallest absolute Gasteiger partial charge is 0.356 e. The van der Waals surface area contributed by atoms with Gasteiger partial charge in [-0.25, -0.2) is 4.79 Å². The molecule has 3 rings (SSSR count). The van der Waals surface area contributed by atoms with E-state index in [1.54, 1.807) is 0 Å². The molecule has 0 spiro atoms. The first-order chi connectivity index (χ1) is 11.0. The Bertz CT molecular complexity index is 761. The van der Waals surface area contributed by atoms with Gasteiger partial charge in [0.05, 0.1) is 12.8 Å². The monoisotopic (exact) mass is 317 g/mol. The standard InChI is InChI=1S/C15H19N5O3/c1-8-6-9(2)20(19-8)5-4-10-7-11(21)16-14-12(10)13(17-18-14)15(22)23-3/h6,10H,4-5,7H2,1-3H3,(H2,16,17,18,21). The summed E-state index contributed by atoms with van der Waals surface area (Å²) in [6.07, 6.45) is 1.00. The lowest BCUT2D eigenvalue weighted by Crippen LogP contribution is -2.25. The number of hydrogen-bond acceptors (Lipinski definition) is 5. The van der Waals surface area contributed by atoms with Gasteiger partial charge in [-0.2, -0.15) is 10.2 Å². The highest BCUT2D eigenvalue weighted by Crippen LogP contribution is 2.36. The molecular weight excluding hydrogens is 298 g/mol. The molecule has 8 heteroatoms. The first-order valence-electron chi connectivity index (χ1n) is 7.47. The molecule has 0 bridgehead atoms. The van der Waals surface area contributed by atoms with Crippen LogP contribution in [-0.4, -0.2) is 39.0 Å². The van der Waals surface area contributed by atoms with E-state index in [4.69, 9.17) is 4.74 Å². The maximum absolute atomic E-state index is 11.9. The van der Waals surface area contributed by atoms with E-state index < -0.39 is 5.97 Å². The highest BCUT2D eigenvalue weighted by Gasteiger charge is 2.33. The van der Waals surface area contributed by atoms with Gasteiger partial charge in [0, 0.05) is 30.1 Å². The van der Waals surface area contributed by atoms with Crippen LogP contribution < -0.4 is 5.32 Å². The number of anilines is 1. The minimum atomic E-state index is -0.481. The number of H-pyrrole nitrogens is 1. The second kappa shape index (κ2) is 5.86. The summed E-state index contributed by atoms with van der Waals surface area (Å²) in [5.74, 6) is -0.264. The number of carbonyl (C=O) groups excluding carboxylic acids is 2. The number of nitrogens with zero attached hydrogens (tertiary/aromatic N) is 3. The lowest BCUT2D eigenvalue weighted by Gasteiger charge is -2.22. The molecule has 0 fully saturated rings. The van der Waals surface area contributed by atoms with E-state index in [0.29, 0.717) is 30.9 Å². The van der Waals surface area contributed by atoms with Crippen molar-refractivity contribution in [1.82, 2.24) is 20.0 Å². The van der Waals surface area contributed by atoms with Crippen LogP contribution >= 0.6 is 0 Å². The van der Waals surface area contributed by atoms with Gasteiger partial charge in [0.15, 0.2) is 5.82 Å². The topological polar surface area (TPSA) is 102 Å². The predicted octanol–water partition coefficient (Wildman–Crippen LogP) is 1.53. The average Bonchev–Trinajstić information content (AvgIpc) is 3.07. The minimum absolute atomic E-state index is 0.0983. The molecule has 1 amide bonds. The van der Waals surface area contributed by atoms with E-state index in [1.807, 2.05) is 24.6 Å². The summed E-state index contributed by atoms with van der Waals surface area (Å²) in [7, 11) is 1.32. The molecule has 0 aromatic carbocycles. The summed E-state index contributed by atoms with van der Waals surface area (Å²) in [5, 5.41) is 13.8. The van der Waals surface area contributed by atoms with Crippen LogP contribution in [0.4, 0.5) is 5.82 Å². The van der Waals surface area contributed by atoms with Crippen LogP contribution in [0.5, 0.6) is 0 Å². The molecule has 0 saturated heterocycles. The number of carbonyl (C=O) groups is 2. The van der Waals surface area contributed by atoms with Gasteiger partial charge in [0.1, 0.15) is 5.69 Å². The molecule has 2 N–H and O–H groups in total. The van der Waals surface area contributed by atoms with Gasteiger partial charge in [0.25, 0.3) is 0 Å². The summed E-state index contributed by atoms with van der Waals surface area (Å²) < 4.78 is 6.70. The Kier molecular flexibility index (Phi) is 3.89. The Balaban J connectivity index is 1.85. The van der Waals surface area contributed by atoms with E-state index in [9.17, 15) is 9.59 Å². The number of esters is 1. The first-order valence-corrected chi connectivity index (χ1v) is 7.47. The number of aromatic amines is 1. The zero-order valence-electron chi connectivity index (χ0n) is 13.3. The number of hydrogen-bond donors (Lipinski definition) is 2. The van der Waals surface area contributed by atoms with Crippen LogP contribution in [0.2, 0.25) is 0 Å². The van der Waals surface area contributed by atoms with Crippen molar-refractivity contribution in [3.05, 3.63) is 28.7 Å². The van der Waals surface area contributed by atoms with Gasteiger partial charge in [-0.15, -0.1) is 0 Å². The Morgan fingerprint density at radius 3 is 2.91 bits per heavy atom. The Morgan fingerprint density at radius 2 is 2.26 bits per heavy atom. The van der Waals surface area contributed by atoms with E-state index in [1.165, 1.54) is 7.11 Å². The molecule has 3 heterocycles. The number of ether oxygens (including phenoxy) is 1. The molecule has 8 nitrogen and oxygen atoms in total. The molecular formula is C15H19N5O3. The number of amides is 1. The van der Waals surface area contributed by atoms with Crippen molar-refractivity contribution in [2.75, 3.05) is 12.4 Å². The number of fused-ring (bicyclic) bond motifs is 1. The fraction of sp³-hybridized carbons (Fsp3) is 0.467. The van der Waals surface area contributed by atoms with Crippen LogP contribution in [0.1, 0.15) is 46.2 Å². The average molecular weight is 317 g/mol. The van der Waals surface area contributed by atoms with Crippen LogP contribution in [0, 0.1) is 13.8 Å². The Morgan fingerprint density at radius 1 is 1.48 bits per heavy atom. The Hall–Kier alpha value is -2.64. The SMILES string of the molecule is COC(=O)c1[nH]nc2c1C(CCn1nc(C)cc1C)CC(=O)N2. The number of rotatable bonds is 4. The molecule has 1 atom stereocenters. The highest BCUT2D eigenvalue weighted by molar-refractivity contribution is 5.98.